The molecular weight excluding hydrogens is 349 g/mol. The number of aliphatic hydroxyl groups excluding tert-OH is 1. The predicted octanol–water partition coefficient (Wildman–Crippen LogP) is 2.52. The quantitative estimate of drug-likeness (QED) is 0.680. The summed E-state index contributed by atoms with van der Waals surface area (Å²) < 4.78 is 18.7. The number of aromatic hydroxyl groups is 1. The monoisotopic (exact) mass is 369 g/mol. The van der Waals surface area contributed by atoms with Gasteiger partial charge in [-0.15, -0.1) is 12.4 Å². The number of carbonyl (C=O) groups is 1. The first-order chi connectivity index (χ1) is 11.5. The molecule has 4 N–H and O–H groups in total. The molecule has 0 bridgehead atoms. The number of phenols is 1. The Morgan fingerprint density at radius 3 is 2.56 bits per heavy atom. The highest BCUT2D eigenvalue weighted by Gasteiger charge is 2.14. The second kappa shape index (κ2) is 9.36. The van der Waals surface area contributed by atoms with Gasteiger partial charge in [0.2, 0.25) is 0 Å². The fourth-order valence-electron chi connectivity index (χ4n) is 2.46. The van der Waals surface area contributed by atoms with Gasteiger partial charge in [-0.05, 0) is 65.9 Å². The van der Waals surface area contributed by atoms with E-state index in [0.717, 1.165) is 0 Å². The summed E-state index contributed by atoms with van der Waals surface area (Å²) in [7, 11) is 1.25. The van der Waals surface area contributed by atoms with Crippen LogP contribution in [0.15, 0.2) is 36.4 Å². The fourth-order valence-corrected chi connectivity index (χ4v) is 2.46. The fraction of sp³-hybridized carbons (Fsp3) is 0.278. The van der Waals surface area contributed by atoms with Crippen molar-refractivity contribution < 1.29 is 24.1 Å². The van der Waals surface area contributed by atoms with E-state index in [1.807, 2.05) is 0 Å². The van der Waals surface area contributed by atoms with Gasteiger partial charge in [0.1, 0.15) is 11.6 Å². The number of phenolic OH excluding ortho intramolecular Hbond substituents is 1. The lowest BCUT2D eigenvalue weighted by Gasteiger charge is -2.13. The molecule has 0 saturated carbocycles. The highest BCUT2D eigenvalue weighted by molar-refractivity contribution is 5.91. The molecular formula is C18H21ClFNO4. The maximum Gasteiger partial charge on any atom is 0.338 e. The minimum Gasteiger partial charge on any atom is -0.508 e. The van der Waals surface area contributed by atoms with Gasteiger partial charge in [0.05, 0.1) is 12.7 Å². The summed E-state index contributed by atoms with van der Waals surface area (Å²) in [6.07, 6.45) is 0.301. The molecule has 0 aliphatic heterocycles. The molecule has 0 fully saturated rings. The minimum absolute atomic E-state index is 0. The van der Waals surface area contributed by atoms with E-state index in [1.165, 1.54) is 25.3 Å². The van der Waals surface area contributed by atoms with Crippen LogP contribution in [0.5, 0.6) is 5.75 Å². The number of rotatable bonds is 6. The van der Waals surface area contributed by atoms with Crippen LogP contribution in [0.2, 0.25) is 0 Å². The molecule has 25 heavy (non-hydrogen) atoms. The van der Waals surface area contributed by atoms with Crippen molar-refractivity contribution in [1.82, 2.24) is 0 Å². The number of aliphatic hydroxyl groups is 1. The zero-order valence-electron chi connectivity index (χ0n) is 13.7. The summed E-state index contributed by atoms with van der Waals surface area (Å²) in [5, 5.41) is 19.1. The molecule has 0 radical (unpaired) electrons. The van der Waals surface area contributed by atoms with E-state index in [4.69, 9.17) is 5.73 Å². The van der Waals surface area contributed by atoms with Crippen molar-refractivity contribution in [2.24, 2.45) is 11.7 Å². The van der Waals surface area contributed by atoms with Crippen molar-refractivity contribution >= 4 is 18.4 Å². The molecule has 0 aromatic heterocycles. The number of hydrogen-bond acceptors (Lipinski definition) is 5. The Morgan fingerprint density at radius 1 is 1.24 bits per heavy atom. The summed E-state index contributed by atoms with van der Waals surface area (Å²) in [6.45, 7) is 0.123. The van der Waals surface area contributed by atoms with E-state index in [2.05, 4.69) is 4.74 Å². The lowest BCUT2D eigenvalue weighted by molar-refractivity contribution is 0.0600. The maximum absolute atomic E-state index is 14.0. The average Bonchev–Trinajstić information content (AvgIpc) is 2.59. The van der Waals surface area contributed by atoms with Crippen molar-refractivity contribution in [1.29, 1.82) is 0 Å². The second-order valence-electron chi connectivity index (χ2n) is 5.55. The van der Waals surface area contributed by atoms with E-state index in [1.54, 1.807) is 18.2 Å². The van der Waals surface area contributed by atoms with Gasteiger partial charge in [-0.2, -0.15) is 0 Å². The number of carbonyl (C=O) groups excluding carboxylic acids is 1. The van der Waals surface area contributed by atoms with E-state index in [-0.39, 0.29) is 48.6 Å². The van der Waals surface area contributed by atoms with Crippen LogP contribution in [0, 0.1) is 11.7 Å². The third-order valence-corrected chi connectivity index (χ3v) is 3.82. The van der Waals surface area contributed by atoms with Gasteiger partial charge < -0.3 is 20.7 Å². The summed E-state index contributed by atoms with van der Waals surface area (Å²) in [5.74, 6) is -1.28. The first kappa shape index (κ1) is 20.9. The zero-order chi connectivity index (χ0) is 17.7. The van der Waals surface area contributed by atoms with Crippen LogP contribution in [-0.2, 0) is 11.2 Å². The molecule has 5 nitrogen and oxygen atoms in total. The predicted molar refractivity (Wildman–Crippen MR) is 95.4 cm³/mol. The van der Waals surface area contributed by atoms with Gasteiger partial charge in [-0.3, -0.25) is 0 Å². The largest absolute Gasteiger partial charge is 0.508 e. The molecule has 1 atom stereocenters. The molecule has 136 valence electrons. The second-order valence-corrected chi connectivity index (χ2v) is 5.55. The molecule has 7 heteroatoms. The molecule has 0 saturated heterocycles. The number of esters is 1. The number of methoxy groups -OCH3 is 1. The normalized spacial score (nSPS) is 11.5. The topological polar surface area (TPSA) is 92.8 Å². The number of benzene rings is 2. The number of nitrogens with two attached hydrogens (primary N) is 1. The molecule has 0 heterocycles. The van der Waals surface area contributed by atoms with Gasteiger partial charge >= 0.3 is 5.97 Å². The van der Waals surface area contributed by atoms with Crippen LogP contribution >= 0.6 is 12.4 Å². The van der Waals surface area contributed by atoms with Gasteiger partial charge in [0.25, 0.3) is 0 Å². The Balaban J connectivity index is 0.00000312. The minimum atomic E-state index is -0.571. The van der Waals surface area contributed by atoms with Crippen LogP contribution < -0.4 is 5.73 Å². The van der Waals surface area contributed by atoms with Crippen LogP contribution in [-0.4, -0.2) is 36.4 Å². The van der Waals surface area contributed by atoms with E-state index < -0.39 is 5.97 Å². The summed E-state index contributed by atoms with van der Waals surface area (Å²) in [5.41, 5.74) is 7.37. The van der Waals surface area contributed by atoms with Crippen molar-refractivity contribution in [2.45, 2.75) is 6.42 Å². The molecule has 0 aliphatic carbocycles. The van der Waals surface area contributed by atoms with Gasteiger partial charge in [-0.25, -0.2) is 9.18 Å². The van der Waals surface area contributed by atoms with Crippen LogP contribution in [0.25, 0.3) is 11.1 Å². The van der Waals surface area contributed by atoms with E-state index in [9.17, 15) is 19.4 Å². The highest BCUT2D eigenvalue weighted by atomic mass is 35.5. The third kappa shape index (κ3) is 5.16. The number of ether oxygens (including phenoxy) is 1. The number of hydrogen-bond donors (Lipinski definition) is 3. The SMILES string of the molecule is COC(=O)c1cc(O)cc(-c2ccc(F)c(CC(CN)CO)c2)c1.Cl. The van der Waals surface area contributed by atoms with Gasteiger partial charge in [0.15, 0.2) is 0 Å². The van der Waals surface area contributed by atoms with E-state index >= 15 is 0 Å². The summed E-state index contributed by atoms with van der Waals surface area (Å²) in [4.78, 5) is 11.7. The Hall–Kier alpha value is -2.15. The Bertz CT molecular complexity index is 735. The number of halogens is 2. The molecule has 0 spiro atoms. The lowest BCUT2D eigenvalue weighted by Crippen LogP contribution is -2.20. The van der Waals surface area contributed by atoms with Crippen LogP contribution in [0.3, 0.4) is 0 Å². The third-order valence-electron chi connectivity index (χ3n) is 3.82. The average molecular weight is 370 g/mol. The Labute approximate surface area is 151 Å². The van der Waals surface area contributed by atoms with Gasteiger partial charge in [0, 0.05) is 6.61 Å². The zero-order valence-corrected chi connectivity index (χ0v) is 14.6. The van der Waals surface area contributed by atoms with Crippen molar-refractivity contribution in [3.63, 3.8) is 0 Å². The summed E-state index contributed by atoms with van der Waals surface area (Å²) >= 11 is 0. The van der Waals surface area contributed by atoms with Crippen molar-refractivity contribution in [3.8, 4) is 16.9 Å². The maximum atomic E-state index is 14.0. The van der Waals surface area contributed by atoms with Crippen LogP contribution in [0.1, 0.15) is 15.9 Å². The Kier molecular flexibility index (Phi) is 7.83. The molecule has 0 aliphatic rings. The highest BCUT2D eigenvalue weighted by Crippen LogP contribution is 2.28. The van der Waals surface area contributed by atoms with Gasteiger partial charge in [-0.1, -0.05) is 6.07 Å². The first-order valence-corrected chi connectivity index (χ1v) is 7.50. The summed E-state index contributed by atoms with van der Waals surface area (Å²) in [6, 6.07) is 8.85. The lowest BCUT2D eigenvalue weighted by atomic mass is 9.95. The Morgan fingerprint density at radius 2 is 1.96 bits per heavy atom. The molecule has 0 amide bonds. The van der Waals surface area contributed by atoms with Crippen LogP contribution in [0.4, 0.5) is 4.39 Å². The standard InChI is InChI=1S/C18H20FNO4.ClH/c1-24-18(23)15-6-13(7-16(22)8-15)12-2-3-17(19)14(5-12)4-11(9-20)10-21;/h2-3,5-8,11,21-22H,4,9-10,20H2,1H3;1H. The van der Waals surface area contributed by atoms with Crippen molar-refractivity contribution in [2.75, 3.05) is 20.3 Å². The van der Waals surface area contributed by atoms with Crippen molar-refractivity contribution in [3.05, 3.63) is 53.3 Å². The molecule has 2 aromatic carbocycles. The smallest absolute Gasteiger partial charge is 0.338 e. The van der Waals surface area contributed by atoms with E-state index in [0.29, 0.717) is 23.1 Å². The molecule has 1 unspecified atom stereocenters. The first-order valence-electron chi connectivity index (χ1n) is 7.50. The molecule has 2 rings (SSSR count). The molecule has 2 aromatic rings.